The van der Waals surface area contributed by atoms with E-state index in [1.807, 2.05) is 18.2 Å². The maximum atomic E-state index is 13.6. The van der Waals surface area contributed by atoms with Crippen LogP contribution in [0, 0.1) is 5.82 Å². The summed E-state index contributed by atoms with van der Waals surface area (Å²) < 4.78 is 31.9. The first-order valence-electron chi connectivity index (χ1n) is 8.59. The Morgan fingerprint density at radius 3 is 2.93 bits per heavy atom. The molecule has 0 bridgehead atoms. The molecular formula is C17H20FN4O5P. The molecule has 2 aromatic rings. The number of nitrogens with two attached hydrogens (primary N) is 1. The van der Waals surface area contributed by atoms with Crippen LogP contribution in [0.2, 0.25) is 0 Å². The van der Waals surface area contributed by atoms with Crippen molar-refractivity contribution in [2.45, 2.75) is 25.2 Å². The molecule has 1 saturated heterocycles. The third-order valence-electron chi connectivity index (χ3n) is 3.94. The summed E-state index contributed by atoms with van der Waals surface area (Å²) in [5.41, 5.74) is 4.62. The van der Waals surface area contributed by atoms with Gasteiger partial charge in [-0.25, -0.2) is 14.3 Å². The predicted octanol–water partition coefficient (Wildman–Crippen LogP) is 1.75. The second-order valence-electron chi connectivity index (χ2n) is 5.94. The molecule has 0 aliphatic carbocycles. The molecule has 2 heterocycles. The molecule has 0 radical (unpaired) electrons. The molecule has 3 rings (SSSR count). The molecule has 0 spiro atoms. The third-order valence-corrected chi connectivity index (χ3v) is 5.14. The lowest BCUT2D eigenvalue weighted by atomic mass is 10.2. The molecule has 1 aliphatic heterocycles. The van der Waals surface area contributed by atoms with E-state index in [-0.39, 0.29) is 19.3 Å². The number of aromatic nitrogens is 2. The average Bonchev–Trinajstić information content (AvgIpc) is 3.16. The first kappa shape index (κ1) is 20.3. The maximum absolute atomic E-state index is 13.6. The second-order valence-corrected chi connectivity index (χ2v) is 7.21. The Bertz CT molecular complexity index is 853. The number of halogens is 1. The number of nitrogen functional groups attached to an aromatic ring is 1. The fourth-order valence-corrected chi connectivity index (χ4v) is 3.67. The van der Waals surface area contributed by atoms with Crippen LogP contribution in [0.25, 0.3) is 0 Å². The van der Waals surface area contributed by atoms with Crippen LogP contribution >= 0.6 is 8.53 Å². The minimum absolute atomic E-state index is 0.0818. The summed E-state index contributed by atoms with van der Waals surface area (Å²) in [4.78, 5) is 26.0. The molecule has 1 aliphatic rings. The largest absolute Gasteiger partial charge is 0.436 e. The van der Waals surface area contributed by atoms with Gasteiger partial charge in [-0.3, -0.25) is 4.57 Å². The van der Waals surface area contributed by atoms with E-state index in [0.29, 0.717) is 24.9 Å². The second kappa shape index (κ2) is 9.70. The number of aldehydes is 1. The van der Waals surface area contributed by atoms with Gasteiger partial charge in [0.15, 0.2) is 11.6 Å². The quantitative estimate of drug-likeness (QED) is 0.474. The minimum Gasteiger partial charge on any atom is -0.436 e. The first-order valence-corrected chi connectivity index (χ1v) is 9.77. The number of anilines is 1. The van der Waals surface area contributed by atoms with E-state index in [9.17, 15) is 14.0 Å². The molecule has 1 aromatic heterocycles. The van der Waals surface area contributed by atoms with Crippen molar-refractivity contribution in [1.29, 1.82) is 0 Å². The van der Waals surface area contributed by atoms with Crippen LogP contribution in [-0.2, 0) is 14.1 Å². The van der Waals surface area contributed by atoms with E-state index < -0.39 is 32.1 Å². The smallest absolute Gasteiger partial charge is 0.351 e. The van der Waals surface area contributed by atoms with E-state index in [0.717, 1.165) is 10.8 Å². The van der Waals surface area contributed by atoms with E-state index in [4.69, 9.17) is 19.5 Å². The van der Waals surface area contributed by atoms with Crippen molar-refractivity contribution in [1.82, 2.24) is 14.6 Å². The lowest BCUT2D eigenvalue weighted by Gasteiger charge is -2.20. The van der Waals surface area contributed by atoms with Crippen molar-refractivity contribution in [3.63, 3.8) is 0 Å². The number of benzene rings is 1. The van der Waals surface area contributed by atoms with E-state index in [2.05, 4.69) is 10.1 Å². The molecule has 3 atom stereocenters. The monoisotopic (exact) mass is 410 g/mol. The highest BCUT2D eigenvalue weighted by Crippen LogP contribution is 2.37. The Kier molecular flexibility index (Phi) is 7.05. The summed E-state index contributed by atoms with van der Waals surface area (Å²) >= 11 is 0. The Balaban J connectivity index is 1.56. The normalized spacial score (nSPS) is 20.0. The van der Waals surface area contributed by atoms with E-state index in [1.165, 1.54) is 0 Å². The third kappa shape index (κ3) is 5.32. The molecule has 0 saturated carbocycles. The average molecular weight is 410 g/mol. The van der Waals surface area contributed by atoms with Gasteiger partial charge in [0, 0.05) is 0 Å². The number of ether oxygens (including phenoxy) is 1. The Morgan fingerprint density at radius 1 is 1.39 bits per heavy atom. The van der Waals surface area contributed by atoms with Crippen LogP contribution in [-0.4, -0.2) is 35.1 Å². The Hall–Kier alpha value is -2.39. The predicted molar refractivity (Wildman–Crippen MR) is 100 cm³/mol. The summed E-state index contributed by atoms with van der Waals surface area (Å²) in [5, 5.41) is 2.88. The van der Waals surface area contributed by atoms with Crippen molar-refractivity contribution in [3.8, 4) is 5.75 Å². The van der Waals surface area contributed by atoms with Crippen LogP contribution in [0.15, 0.2) is 41.3 Å². The van der Waals surface area contributed by atoms with Crippen molar-refractivity contribution < 1.29 is 23.0 Å². The lowest BCUT2D eigenvalue weighted by molar-refractivity contribution is -0.106. The number of carbonyl (C=O) groups is 1. The number of hydrogen-bond acceptors (Lipinski definition) is 8. The van der Waals surface area contributed by atoms with Gasteiger partial charge in [0.1, 0.15) is 18.3 Å². The molecule has 11 heteroatoms. The van der Waals surface area contributed by atoms with Gasteiger partial charge in [0.05, 0.1) is 25.5 Å². The van der Waals surface area contributed by atoms with Gasteiger partial charge in [-0.05, 0) is 25.0 Å². The van der Waals surface area contributed by atoms with Crippen LogP contribution in [0.4, 0.5) is 10.2 Å². The van der Waals surface area contributed by atoms with Crippen LogP contribution in [0.1, 0.15) is 19.1 Å². The Labute approximate surface area is 161 Å². The molecule has 1 fully saturated rings. The van der Waals surface area contributed by atoms with Crippen molar-refractivity contribution in [3.05, 3.63) is 52.8 Å². The molecule has 0 amide bonds. The molecule has 150 valence electrons. The summed E-state index contributed by atoms with van der Waals surface area (Å²) in [6.07, 6.45) is 1.84. The van der Waals surface area contributed by atoms with E-state index in [1.54, 1.807) is 12.1 Å². The summed E-state index contributed by atoms with van der Waals surface area (Å²) in [5.74, 6) is -0.614. The fourth-order valence-electron chi connectivity index (χ4n) is 2.62. The highest BCUT2D eigenvalue weighted by Gasteiger charge is 2.29. The van der Waals surface area contributed by atoms with Crippen molar-refractivity contribution in [2.24, 2.45) is 0 Å². The summed E-state index contributed by atoms with van der Waals surface area (Å²) in [6, 6.07) is 9.06. The molecule has 28 heavy (non-hydrogen) atoms. The van der Waals surface area contributed by atoms with Gasteiger partial charge in [-0.1, -0.05) is 18.2 Å². The number of nitrogens with one attached hydrogen (secondary N) is 1. The Morgan fingerprint density at radius 2 is 2.18 bits per heavy atom. The van der Waals surface area contributed by atoms with Gasteiger partial charge < -0.3 is 24.3 Å². The molecule has 3 N–H and O–H groups in total. The van der Waals surface area contributed by atoms with Crippen LogP contribution in [0.5, 0.6) is 5.75 Å². The number of hydrogen-bond donors (Lipinski definition) is 2. The molecule has 3 unspecified atom stereocenters. The van der Waals surface area contributed by atoms with Gasteiger partial charge in [0.2, 0.25) is 0 Å². The number of nitrogens with zero attached hydrogens (tertiary/aromatic N) is 2. The maximum Gasteiger partial charge on any atom is 0.351 e. The summed E-state index contributed by atoms with van der Waals surface area (Å²) in [7, 11) is -1.56. The van der Waals surface area contributed by atoms with Crippen LogP contribution in [0.3, 0.4) is 0 Å². The fraction of sp³-hybridized carbons (Fsp3) is 0.353. The topological polar surface area (TPSA) is 118 Å². The number of carbonyl (C=O) groups excluding carboxylic acids is 1. The van der Waals surface area contributed by atoms with Gasteiger partial charge >= 0.3 is 14.2 Å². The minimum atomic E-state index is -1.56. The number of para-hydroxylation sites is 1. The van der Waals surface area contributed by atoms with Gasteiger partial charge in [0.25, 0.3) is 0 Å². The van der Waals surface area contributed by atoms with Crippen molar-refractivity contribution >= 4 is 20.6 Å². The highest BCUT2D eigenvalue weighted by molar-refractivity contribution is 7.45. The molecular weight excluding hydrogens is 390 g/mol. The van der Waals surface area contributed by atoms with E-state index >= 15 is 0 Å². The first-order chi connectivity index (χ1) is 13.6. The van der Waals surface area contributed by atoms with Crippen molar-refractivity contribution in [2.75, 3.05) is 18.9 Å². The van der Waals surface area contributed by atoms with Gasteiger partial charge in [-0.15, -0.1) is 0 Å². The zero-order valence-corrected chi connectivity index (χ0v) is 15.8. The highest BCUT2D eigenvalue weighted by atomic mass is 31.2. The molecule has 1 aromatic carbocycles. The van der Waals surface area contributed by atoms with Crippen LogP contribution < -0.4 is 21.0 Å². The van der Waals surface area contributed by atoms with Gasteiger partial charge in [-0.2, -0.15) is 4.98 Å². The zero-order chi connectivity index (χ0) is 19.9. The molecule has 9 nitrogen and oxygen atoms in total. The SMILES string of the molecule is Nc1nc(=O)n(C2CCC(COP(NCC=O)Oc3ccccc3)O2)cc1F. The number of rotatable bonds is 9. The lowest BCUT2D eigenvalue weighted by Crippen LogP contribution is -2.29. The zero-order valence-electron chi connectivity index (χ0n) is 14.9. The summed E-state index contributed by atoms with van der Waals surface area (Å²) in [6.45, 7) is 0.263. The standard InChI is InChI=1S/C17H20FN4O5P/c18-14-10-22(17(24)21-16(14)19)15-7-6-13(26-15)11-25-28(20-8-9-23)27-12-4-2-1-3-5-12/h1-5,9-10,13,15,20H,6-8,11H2,(H2,19,21,24).